The third kappa shape index (κ3) is 3.98. The van der Waals surface area contributed by atoms with Gasteiger partial charge in [0.15, 0.2) is 0 Å². The molecule has 0 spiro atoms. The van der Waals surface area contributed by atoms with Crippen molar-refractivity contribution in [2.24, 2.45) is 5.92 Å². The highest BCUT2D eigenvalue weighted by Gasteiger charge is 2.26. The lowest BCUT2D eigenvalue weighted by Crippen LogP contribution is -2.45. The number of rotatable bonds is 4. The first kappa shape index (κ1) is 14.9. The summed E-state index contributed by atoms with van der Waals surface area (Å²) in [6.07, 6.45) is 4.88. The van der Waals surface area contributed by atoms with E-state index in [9.17, 15) is 4.79 Å². The molecule has 1 aromatic carbocycles. The quantitative estimate of drug-likeness (QED) is 0.926. The summed E-state index contributed by atoms with van der Waals surface area (Å²) in [6, 6.07) is 6.16. The number of carbonyl (C=O) groups is 1. The molecule has 1 saturated heterocycles. The van der Waals surface area contributed by atoms with Crippen molar-refractivity contribution in [3.8, 4) is 0 Å². The normalized spacial score (nSPS) is 19.8. The van der Waals surface area contributed by atoms with E-state index in [2.05, 4.69) is 5.32 Å². The molecule has 21 heavy (non-hydrogen) atoms. The van der Waals surface area contributed by atoms with E-state index in [4.69, 9.17) is 11.6 Å². The zero-order valence-corrected chi connectivity index (χ0v) is 13.3. The summed E-state index contributed by atoms with van der Waals surface area (Å²) >= 11 is 6.05. The Kier molecular flexibility index (Phi) is 4.51. The van der Waals surface area contributed by atoms with Crippen molar-refractivity contribution in [2.75, 3.05) is 19.6 Å². The Labute approximate surface area is 131 Å². The molecule has 0 atom stereocenters. The Morgan fingerprint density at radius 1 is 1.24 bits per heavy atom. The summed E-state index contributed by atoms with van der Waals surface area (Å²) in [4.78, 5) is 14.5. The average molecular weight is 307 g/mol. The van der Waals surface area contributed by atoms with E-state index in [-0.39, 0.29) is 5.91 Å². The number of amides is 1. The van der Waals surface area contributed by atoms with E-state index in [0.717, 1.165) is 44.0 Å². The number of aryl methyl sites for hydroxylation is 1. The lowest BCUT2D eigenvalue weighted by Gasteiger charge is -2.32. The van der Waals surface area contributed by atoms with Gasteiger partial charge in [-0.25, -0.2) is 0 Å². The van der Waals surface area contributed by atoms with Crippen LogP contribution in [0.5, 0.6) is 0 Å². The Bertz CT molecular complexity index is 499. The van der Waals surface area contributed by atoms with Crippen molar-refractivity contribution in [3.63, 3.8) is 0 Å². The zero-order chi connectivity index (χ0) is 14.8. The largest absolute Gasteiger partial charge is 0.339 e. The molecule has 2 aliphatic rings. The minimum atomic E-state index is 0.112. The van der Waals surface area contributed by atoms with Crippen LogP contribution in [0.3, 0.4) is 0 Å². The van der Waals surface area contributed by atoms with Crippen LogP contribution in [0.25, 0.3) is 0 Å². The maximum absolute atomic E-state index is 12.5. The summed E-state index contributed by atoms with van der Waals surface area (Å²) in [5, 5.41) is 4.28. The predicted molar refractivity (Wildman–Crippen MR) is 85.8 cm³/mol. The number of piperidine rings is 1. The fourth-order valence-corrected chi connectivity index (χ4v) is 3.27. The van der Waals surface area contributed by atoms with Gasteiger partial charge in [0.05, 0.1) is 0 Å². The van der Waals surface area contributed by atoms with E-state index in [1.807, 2.05) is 24.0 Å². The van der Waals surface area contributed by atoms with Gasteiger partial charge in [0.2, 0.25) is 0 Å². The van der Waals surface area contributed by atoms with Crippen LogP contribution < -0.4 is 5.32 Å². The minimum absolute atomic E-state index is 0.112. The Morgan fingerprint density at radius 2 is 1.95 bits per heavy atom. The maximum atomic E-state index is 12.5. The van der Waals surface area contributed by atoms with Gasteiger partial charge in [-0.1, -0.05) is 11.6 Å². The molecule has 1 aliphatic carbocycles. The second-order valence-corrected chi connectivity index (χ2v) is 6.87. The predicted octanol–water partition coefficient (Wildman–Crippen LogP) is 3.25. The first-order valence-corrected chi connectivity index (χ1v) is 8.29. The van der Waals surface area contributed by atoms with Gasteiger partial charge in [-0.05, 0) is 68.8 Å². The lowest BCUT2D eigenvalue weighted by atomic mass is 10.0. The van der Waals surface area contributed by atoms with Gasteiger partial charge in [-0.3, -0.25) is 4.79 Å². The van der Waals surface area contributed by atoms with Crippen LogP contribution in [0, 0.1) is 12.8 Å². The molecule has 4 heteroatoms. The molecule has 2 fully saturated rings. The van der Waals surface area contributed by atoms with E-state index in [1.165, 1.54) is 12.8 Å². The van der Waals surface area contributed by atoms with Crippen molar-refractivity contribution in [1.82, 2.24) is 10.2 Å². The van der Waals surface area contributed by atoms with E-state index in [1.54, 1.807) is 6.07 Å². The van der Waals surface area contributed by atoms with E-state index in [0.29, 0.717) is 16.6 Å². The number of nitrogens with zero attached hydrogens (tertiary/aromatic N) is 1. The summed E-state index contributed by atoms with van der Waals surface area (Å²) in [7, 11) is 0. The molecule has 0 aromatic heterocycles. The summed E-state index contributed by atoms with van der Waals surface area (Å²) in [5.41, 5.74) is 1.75. The monoisotopic (exact) mass is 306 g/mol. The average Bonchev–Trinajstić information content (AvgIpc) is 3.28. The van der Waals surface area contributed by atoms with Gasteiger partial charge in [0, 0.05) is 29.7 Å². The first-order chi connectivity index (χ1) is 10.1. The molecule has 1 heterocycles. The molecule has 1 N–H and O–H groups in total. The first-order valence-electron chi connectivity index (χ1n) is 7.91. The Hall–Kier alpha value is -1.06. The standard InChI is InChI=1S/C17H23ClN2O/c1-12-8-14(10-15(18)9-12)17(21)20-6-4-16(5-7-20)19-11-13-2-3-13/h8-10,13,16,19H,2-7,11H2,1H3. The van der Waals surface area contributed by atoms with Crippen LogP contribution in [-0.4, -0.2) is 36.5 Å². The van der Waals surface area contributed by atoms with Crippen molar-refractivity contribution in [2.45, 2.75) is 38.6 Å². The summed E-state index contributed by atoms with van der Waals surface area (Å²) in [6.45, 7) is 4.81. The molecular weight excluding hydrogens is 284 g/mol. The topological polar surface area (TPSA) is 32.3 Å². The fraction of sp³-hybridized carbons (Fsp3) is 0.588. The minimum Gasteiger partial charge on any atom is -0.339 e. The number of hydrogen-bond donors (Lipinski definition) is 1. The van der Waals surface area contributed by atoms with Gasteiger partial charge in [-0.2, -0.15) is 0 Å². The molecule has 3 rings (SSSR count). The molecule has 0 bridgehead atoms. The number of halogens is 1. The van der Waals surface area contributed by atoms with Crippen LogP contribution in [0.1, 0.15) is 41.6 Å². The third-order valence-corrected chi connectivity index (χ3v) is 4.68. The molecule has 0 unspecified atom stereocenters. The van der Waals surface area contributed by atoms with Crippen molar-refractivity contribution < 1.29 is 4.79 Å². The SMILES string of the molecule is Cc1cc(Cl)cc(C(=O)N2CCC(NCC3CC3)CC2)c1. The van der Waals surface area contributed by atoms with Crippen LogP contribution in [-0.2, 0) is 0 Å². The van der Waals surface area contributed by atoms with E-state index < -0.39 is 0 Å². The smallest absolute Gasteiger partial charge is 0.253 e. The van der Waals surface area contributed by atoms with Crippen molar-refractivity contribution in [1.29, 1.82) is 0 Å². The number of hydrogen-bond acceptors (Lipinski definition) is 2. The van der Waals surface area contributed by atoms with Crippen molar-refractivity contribution in [3.05, 3.63) is 34.3 Å². The molecule has 3 nitrogen and oxygen atoms in total. The highest BCUT2D eigenvalue weighted by Crippen LogP contribution is 2.28. The summed E-state index contributed by atoms with van der Waals surface area (Å²) < 4.78 is 0. The molecular formula is C17H23ClN2O. The number of carbonyl (C=O) groups excluding carboxylic acids is 1. The number of nitrogens with one attached hydrogen (secondary N) is 1. The molecule has 1 aromatic rings. The van der Waals surface area contributed by atoms with Crippen LogP contribution >= 0.6 is 11.6 Å². The highest BCUT2D eigenvalue weighted by atomic mass is 35.5. The van der Waals surface area contributed by atoms with Crippen LogP contribution in [0.15, 0.2) is 18.2 Å². The zero-order valence-electron chi connectivity index (χ0n) is 12.6. The van der Waals surface area contributed by atoms with Crippen LogP contribution in [0.2, 0.25) is 5.02 Å². The summed E-state index contributed by atoms with van der Waals surface area (Å²) in [5.74, 6) is 1.03. The van der Waals surface area contributed by atoms with Crippen molar-refractivity contribution >= 4 is 17.5 Å². The fourth-order valence-electron chi connectivity index (χ4n) is 2.98. The Morgan fingerprint density at radius 3 is 2.57 bits per heavy atom. The molecule has 1 saturated carbocycles. The molecule has 114 valence electrons. The third-order valence-electron chi connectivity index (χ3n) is 4.46. The molecule has 1 aliphatic heterocycles. The second-order valence-electron chi connectivity index (χ2n) is 6.44. The van der Waals surface area contributed by atoms with Gasteiger partial charge >= 0.3 is 0 Å². The maximum Gasteiger partial charge on any atom is 0.253 e. The van der Waals surface area contributed by atoms with E-state index >= 15 is 0 Å². The van der Waals surface area contributed by atoms with Crippen LogP contribution in [0.4, 0.5) is 0 Å². The van der Waals surface area contributed by atoms with Gasteiger partial charge in [0.1, 0.15) is 0 Å². The lowest BCUT2D eigenvalue weighted by molar-refractivity contribution is 0.0705. The van der Waals surface area contributed by atoms with Gasteiger partial charge in [-0.15, -0.1) is 0 Å². The van der Waals surface area contributed by atoms with Gasteiger partial charge < -0.3 is 10.2 Å². The highest BCUT2D eigenvalue weighted by molar-refractivity contribution is 6.31. The van der Waals surface area contributed by atoms with Gasteiger partial charge in [0.25, 0.3) is 5.91 Å². The number of likely N-dealkylation sites (tertiary alicyclic amines) is 1. The molecule has 1 amide bonds. The number of benzene rings is 1. The Balaban J connectivity index is 1.54. The second kappa shape index (κ2) is 6.37. The molecule has 0 radical (unpaired) electrons.